The number of benzene rings is 2. The molecule has 5 rings (SSSR count). The minimum absolute atomic E-state index is 0.0821. The van der Waals surface area contributed by atoms with Crippen molar-refractivity contribution in [3.63, 3.8) is 0 Å². The van der Waals surface area contributed by atoms with Gasteiger partial charge in [0, 0.05) is 72.9 Å². The Labute approximate surface area is 236 Å². The van der Waals surface area contributed by atoms with Crippen molar-refractivity contribution < 1.29 is 18.0 Å². The van der Waals surface area contributed by atoms with E-state index >= 15 is 0 Å². The number of likely N-dealkylation sites (N-methyl/N-ethyl adjacent to an activating group) is 1. The zero-order valence-electron chi connectivity index (χ0n) is 22.9. The van der Waals surface area contributed by atoms with E-state index in [-0.39, 0.29) is 30.1 Å². The molecule has 1 fully saturated rings. The van der Waals surface area contributed by atoms with Crippen molar-refractivity contribution in [2.75, 3.05) is 44.3 Å². The van der Waals surface area contributed by atoms with Crippen molar-refractivity contribution in [1.82, 2.24) is 14.8 Å². The minimum atomic E-state index is -4.55. The molecule has 1 amide bonds. The Morgan fingerprint density at radius 2 is 1.85 bits per heavy atom. The molecule has 2 aliphatic rings. The summed E-state index contributed by atoms with van der Waals surface area (Å²) >= 11 is 0. The van der Waals surface area contributed by atoms with E-state index in [4.69, 9.17) is 5.73 Å². The molecule has 3 N–H and O–H groups in total. The molecule has 0 radical (unpaired) electrons. The fraction of sp³-hybridized carbons (Fsp3) is 0.323. The van der Waals surface area contributed by atoms with Crippen LogP contribution in [0.2, 0.25) is 0 Å². The molecule has 212 valence electrons. The zero-order chi connectivity index (χ0) is 29.1. The lowest BCUT2D eigenvalue weighted by atomic mass is 9.93. The molecule has 0 saturated carbocycles. The number of carbonyl (C=O) groups is 1. The van der Waals surface area contributed by atoms with E-state index in [1.165, 1.54) is 18.3 Å². The van der Waals surface area contributed by atoms with E-state index in [0.29, 0.717) is 30.0 Å². The summed E-state index contributed by atoms with van der Waals surface area (Å²) in [6, 6.07) is 11.6. The third kappa shape index (κ3) is 6.59. The number of nitrogens with two attached hydrogens (primary N) is 1. The summed E-state index contributed by atoms with van der Waals surface area (Å²) in [6.07, 6.45) is -1.19. The van der Waals surface area contributed by atoms with Crippen molar-refractivity contribution in [2.45, 2.75) is 26.1 Å². The molecule has 3 aromatic rings. The third-order valence-electron chi connectivity index (χ3n) is 7.51. The summed E-state index contributed by atoms with van der Waals surface area (Å²) < 4.78 is 41.9. The van der Waals surface area contributed by atoms with Crippen LogP contribution in [0.15, 0.2) is 65.4 Å². The fourth-order valence-corrected chi connectivity index (χ4v) is 4.99. The molecule has 41 heavy (non-hydrogen) atoms. The fourth-order valence-electron chi connectivity index (χ4n) is 4.99. The third-order valence-corrected chi connectivity index (χ3v) is 7.51. The maximum absolute atomic E-state index is 14.0. The summed E-state index contributed by atoms with van der Waals surface area (Å²) in [7, 11) is 2.00. The van der Waals surface area contributed by atoms with Crippen LogP contribution in [0.5, 0.6) is 0 Å². The number of fused-ring (bicyclic) bond motifs is 1. The van der Waals surface area contributed by atoms with Crippen LogP contribution in [0, 0.1) is 17.8 Å². The quantitative estimate of drug-likeness (QED) is 0.442. The number of anilines is 2. The smallest absolute Gasteiger partial charge is 0.383 e. The summed E-state index contributed by atoms with van der Waals surface area (Å²) in [4.78, 5) is 25.8. The highest BCUT2D eigenvalue weighted by Gasteiger charge is 2.34. The van der Waals surface area contributed by atoms with Crippen LogP contribution in [0.1, 0.15) is 30.0 Å². The number of pyridine rings is 1. The average Bonchev–Trinajstić information content (AvgIpc) is 2.95. The lowest BCUT2D eigenvalue weighted by Crippen LogP contribution is -2.44. The zero-order valence-corrected chi connectivity index (χ0v) is 22.9. The second kappa shape index (κ2) is 11.7. The number of hydrogen-bond donors (Lipinski definition) is 2. The molecular formula is C31H31F3N6O. The van der Waals surface area contributed by atoms with Gasteiger partial charge in [-0.3, -0.25) is 14.7 Å². The number of hydrogen-bond acceptors (Lipinski definition) is 6. The van der Waals surface area contributed by atoms with Gasteiger partial charge in [-0.15, -0.1) is 0 Å². The Kier molecular flexibility index (Phi) is 8.10. The maximum atomic E-state index is 14.0. The normalized spacial score (nSPS) is 18.3. The SMILES string of the molecule is CC1=NC=C(C(=O)Nc2ccc(CN3CCN(C)CC3)c(C(F)(F)F)c2)CC1C#Cc1cnc(N)c2ccccc12. The number of amides is 1. The number of alkyl halides is 3. The summed E-state index contributed by atoms with van der Waals surface area (Å²) in [5, 5.41) is 4.32. The monoisotopic (exact) mass is 560 g/mol. The number of piperazine rings is 1. The van der Waals surface area contributed by atoms with Crippen LogP contribution in [-0.2, 0) is 17.5 Å². The van der Waals surface area contributed by atoms with E-state index in [0.717, 1.165) is 35.6 Å². The Morgan fingerprint density at radius 1 is 1.12 bits per heavy atom. The van der Waals surface area contributed by atoms with Gasteiger partial charge >= 0.3 is 6.18 Å². The number of nitrogens with one attached hydrogen (secondary N) is 1. The van der Waals surface area contributed by atoms with Gasteiger partial charge in [-0.1, -0.05) is 42.2 Å². The molecule has 0 aliphatic carbocycles. The first-order chi connectivity index (χ1) is 19.6. The van der Waals surface area contributed by atoms with Crippen molar-refractivity contribution in [1.29, 1.82) is 0 Å². The first-order valence-corrected chi connectivity index (χ1v) is 13.4. The molecule has 2 aromatic carbocycles. The average molecular weight is 561 g/mol. The van der Waals surface area contributed by atoms with Crippen LogP contribution >= 0.6 is 0 Å². The van der Waals surface area contributed by atoms with E-state index in [9.17, 15) is 18.0 Å². The molecule has 0 bridgehead atoms. The molecule has 7 nitrogen and oxygen atoms in total. The number of nitrogens with zero attached hydrogens (tertiary/aromatic N) is 4. The number of rotatable bonds is 4. The van der Waals surface area contributed by atoms with Gasteiger partial charge in [-0.05, 0) is 38.1 Å². The van der Waals surface area contributed by atoms with E-state index in [1.54, 1.807) is 6.20 Å². The van der Waals surface area contributed by atoms with Gasteiger partial charge in [0.25, 0.3) is 5.91 Å². The van der Waals surface area contributed by atoms with Crippen molar-refractivity contribution in [3.8, 4) is 11.8 Å². The Hall–Kier alpha value is -4.20. The number of aromatic nitrogens is 1. The lowest BCUT2D eigenvalue weighted by molar-refractivity contribution is -0.138. The topological polar surface area (TPSA) is 86.9 Å². The van der Waals surface area contributed by atoms with Crippen molar-refractivity contribution in [3.05, 3.63) is 77.1 Å². The van der Waals surface area contributed by atoms with Gasteiger partial charge in [0.15, 0.2) is 0 Å². The summed E-state index contributed by atoms with van der Waals surface area (Å²) in [5.41, 5.74) is 7.32. The predicted molar refractivity (Wildman–Crippen MR) is 155 cm³/mol. The van der Waals surface area contributed by atoms with Crippen LogP contribution in [-0.4, -0.2) is 59.6 Å². The molecule has 1 saturated heterocycles. The molecular weight excluding hydrogens is 529 g/mol. The number of carbonyl (C=O) groups excluding carboxylic acids is 1. The molecule has 1 unspecified atom stereocenters. The van der Waals surface area contributed by atoms with E-state index in [2.05, 4.69) is 32.0 Å². The highest BCUT2D eigenvalue weighted by Crippen LogP contribution is 2.35. The van der Waals surface area contributed by atoms with Gasteiger partial charge in [0.05, 0.1) is 17.0 Å². The van der Waals surface area contributed by atoms with Gasteiger partial charge < -0.3 is 16.0 Å². The van der Waals surface area contributed by atoms with Crippen LogP contribution in [0.4, 0.5) is 24.7 Å². The highest BCUT2D eigenvalue weighted by atomic mass is 19.4. The van der Waals surface area contributed by atoms with Crippen molar-refractivity contribution in [2.24, 2.45) is 10.9 Å². The largest absolute Gasteiger partial charge is 0.416 e. The van der Waals surface area contributed by atoms with Crippen LogP contribution in [0.3, 0.4) is 0 Å². The second-order valence-electron chi connectivity index (χ2n) is 10.5. The molecule has 3 heterocycles. The predicted octanol–water partition coefficient (Wildman–Crippen LogP) is 4.94. The standard InChI is InChI=1S/C31H31F3N6O/c1-20-21(7-8-22-17-37-29(35)27-6-4-3-5-26(22)27)15-24(18-36-20)30(41)38-25-10-9-23(28(16-25)31(32,33)34)19-40-13-11-39(2)12-14-40/h3-6,9-10,16-18,21H,11-15,19H2,1-2H3,(H2,35,37)(H,38,41). The van der Waals surface area contributed by atoms with Gasteiger partial charge in [0.2, 0.25) is 0 Å². The molecule has 2 aliphatic heterocycles. The Balaban J connectivity index is 1.31. The van der Waals surface area contributed by atoms with E-state index in [1.807, 2.05) is 43.1 Å². The molecule has 0 spiro atoms. The Bertz CT molecular complexity index is 1590. The molecule has 10 heteroatoms. The van der Waals surface area contributed by atoms with Gasteiger partial charge in [-0.25, -0.2) is 4.98 Å². The lowest BCUT2D eigenvalue weighted by Gasteiger charge is -2.33. The second-order valence-corrected chi connectivity index (χ2v) is 10.5. The first kappa shape index (κ1) is 28.3. The van der Waals surface area contributed by atoms with Crippen LogP contribution < -0.4 is 11.1 Å². The summed E-state index contributed by atoms with van der Waals surface area (Å²) in [5.74, 6) is 5.91. The van der Waals surface area contributed by atoms with E-state index < -0.39 is 17.6 Å². The highest BCUT2D eigenvalue weighted by molar-refractivity contribution is 6.05. The molecule has 1 aromatic heterocycles. The number of nitrogen functional groups attached to an aromatic ring is 1. The molecule has 1 atom stereocenters. The van der Waals surface area contributed by atoms with Crippen molar-refractivity contribution >= 4 is 33.9 Å². The number of halogens is 3. The number of aliphatic imine (C=N–C) groups is 1. The maximum Gasteiger partial charge on any atom is 0.416 e. The summed E-state index contributed by atoms with van der Waals surface area (Å²) in [6.45, 7) is 5.07. The Morgan fingerprint density at radius 3 is 2.59 bits per heavy atom. The first-order valence-electron chi connectivity index (χ1n) is 13.4. The minimum Gasteiger partial charge on any atom is -0.383 e. The van der Waals surface area contributed by atoms with Crippen LogP contribution in [0.25, 0.3) is 10.8 Å². The van der Waals surface area contributed by atoms with Gasteiger partial charge in [0.1, 0.15) is 5.82 Å². The van der Waals surface area contributed by atoms with Gasteiger partial charge in [-0.2, -0.15) is 13.2 Å².